The fourth-order valence-corrected chi connectivity index (χ4v) is 11.1. The molecule has 5 aromatic rings. The number of carboxylic acid groups (broad SMARTS) is 3. The summed E-state index contributed by atoms with van der Waals surface area (Å²) in [6.45, 7) is -1.31. The van der Waals surface area contributed by atoms with E-state index in [1.807, 2.05) is 0 Å². The lowest BCUT2D eigenvalue weighted by Gasteiger charge is -2.31. The molecule has 486 valence electrons. The Morgan fingerprint density at radius 3 is 1.55 bits per heavy atom. The Labute approximate surface area is 520 Å². The van der Waals surface area contributed by atoms with Gasteiger partial charge in [0.2, 0.25) is 53.2 Å². The number of guanidine groups is 1. The summed E-state index contributed by atoms with van der Waals surface area (Å²) >= 11 is 0. The average Bonchev–Trinajstić information content (AvgIpc) is 1.98. The molecule has 3 aromatic carbocycles. The first-order chi connectivity index (χ1) is 43.5. The maximum atomic E-state index is 14.7. The smallest absolute Gasteiger partial charge is 0.326 e. The van der Waals surface area contributed by atoms with Gasteiger partial charge in [0.25, 0.3) is 0 Å². The zero-order valence-electron chi connectivity index (χ0n) is 49.4. The largest absolute Gasteiger partial charge is 0.481 e. The number of hydrogen-bond acceptors (Lipinski definition) is 15. The summed E-state index contributed by atoms with van der Waals surface area (Å²) in [6, 6.07) is 8.07. The number of amides is 9. The Morgan fingerprint density at radius 1 is 0.538 bits per heavy atom. The second kappa shape index (κ2) is 32.2. The highest BCUT2D eigenvalue weighted by Gasteiger charge is 2.42. The first kappa shape index (κ1) is 68.1. The van der Waals surface area contributed by atoms with Crippen LogP contribution in [-0.2, 0) is 76.8 Å². The van der Waals surface area contributed by atoms with Crippen LogP contribution in [0.3, 0.4) is 0 Å². The quantitative estimate of drug-likeness (QED) is 0.0117. The van der Waals surface area contributed by atoms with Gasteiger partial charge in [0, 0.05) is 73.1 Å². The number of benzene rings is 3. The SMILES string of the molecule is NCC(=O)N1CCC[C@H]1C(=O)N[C@@H](CO)C(=O)N[C@@H](Cc1c[nH]c2ccccc12)C(=O)N[C@@H](CC(=O)O)C(=O)N1CCC[C@H]1C(=O)N[C@@H](Cc1ccccc1)C(=O)N[C@@H](CCCN=C(N)N)C(=O)N[C@@H](CC(=O)O)C(=O)N[C@@H](Cc1c[nH]c2ccccc12)C(=O)O. The zero-order chi connectivity index (χ0) is 65.9. The van der Waals surface area contributed by atoms with Gasteiger partial charge in [-0.25, -0.2) is 4.79 Å². The van der Waals surface area contributed by atoms with Gasteiger partial charge in [-0.1, -0.05) is 66.7 Å². The molecule has 2 aliphatic heterocycles. The lowest BCUT2D eigenvalue weighted by atomic mass is 10.0. The molecule has 2 aliphatic rings. The summed E-state index contributed by atoms with van der Waals surface area (Å²) in [6.07, 6.45) is 0.973. The van der Waals surface area contributed by atoms with Crippen LogP contribution in [0.25, 0.3) is 21.8 Å². The second-order valence-corrected chi connectivity index (χ2v) is 22.0. The van der Waals surface area contributed by atoms with Crippen molar-refractivity contribution in [3.8, 4) is 0 Å². The number of aliphatic carboxylic acids is 3. The molecule has 4 heterocycles. The fourth-order valence-electron chi connectivity index (χ4n) is 11.1. The van der Waals surface area contributed by atoms with E-state index in [1.54, 1.807) is 91.3 Å². The molecule has 7 rings (SSSR count). The lowest BCUT2D eigenvalue weighted by Crippen LogP contribution is -2.61. The molecule has 0 radical (unpaired) electrons. The molecule has 2 fully saturated rings. The highest BCUT2D eigenvalue weighted by atomic mass is 16.4. The molecule has 0 saturated carbocycles. The number of aliphatic hydroxyl groups is 1. The molecule has 31 heteroatoms. The van der Waals surface area contributed by atoms with Gasteiger partial charge < -0.3 is 94.6 Å². The Balaban J connectivity index is 1.09. The number of rotatable bonds is 32. The minimum absolute atomic E-state index is 0.0115. The molecule has 19 N–H and O–H groups in total. The van der Waals surface area contributed by atoms with E-state index in [9.17, 15) is 78.0 Å². The molecule has 2 saturated heterocycles. The van der Waals surface area contributed by atoms with Crippen LogP contribution >= 0.6 is 0 Å². The number of fused-ring (bicyclic) bond motifs is 2. The van der Waals surface area contributed by atoms with Gasteiger partial charge in [-0.2, -0.15) is 0 Å². The maximum Gasteiger partial charge on any atom is 0.326 e. The lowest BCUT2D eigenvalue weighted by molar-refractivity contribution is -0.146. The Morgan fingerprint density at radius 2 is 0.989 bits per heavy atom. The third kappa shape index (κ3) is 18.6. The highest BCUT2D eigenvalue weighted by molar-refractivity contribution is 6.00. The van der Waals surface area contributed by atoms with Crippen molar-refractivity contribution in [2.75, 3.05) is 32.8 Å². The van der Waals surface area contributed by atoms with Gasteiger partial charge in [-0.3, -0.25) is 57.7 Å². The van der Waals surface area contributed by atoms with Crippen molar-refractivity contribution in [3.05, 3.63) is 108 Å². The molecular formula is C60H75N15O16. The topological polar surface area (TPSA) is 498 Å². The number of para-hydroxylation sites is 2. The number of aliphatic imine (C=N–C) groups is 1. The van der Waals surface area contributed by atoms with Crippen LogP contribution in [0.4, 0.5) is 0 Å². The number of nitrogens with one attached hydrogen (secondary N) is 9. The predicted molar refractivity (Wildman–Crippen MR) is 325 cm³/mol. The van der Waals surface area contributed by atoms with Crippen LogP contribution < -0.4 is 54.4 Å². The van der Waals surface area contributed by atoms with Gasteiger partial charge in [-0.05, 0) is 67.3 Å². The second-order valence-electron chi connectivity index (χ2n) is 22.0. The number of aromatic amines is 2. The van der Waals surface area contributed by atoms with Crippen molar-refractivity contribution >= 4 is 98.8 Å². The average molecular weight is 1260 g/mol. The summed E-state index contributed by atoms with van der Waals surface area (Å²) in [4.78, 5) is 176. The van der Waals surface area contributed by atoms with Gasteiger partial charge in [0.15, 0.2) is 5.96 Å². The molecule has 0 spiro atoms. The monoisotopic (exact) mass is 1260 g/mol. The maximum absolute atomic E-state index is 14.7. The molecular weight excluding hydrogens is 1190 g/mol. The molecule has 2 aromatic heterocycles. The van der Waals surface area contributed by atoms with E-state index in [4.69, 9.17) is 17.2 Å². The van der Waals surface area contributed by atoms with Crippen molar-refractivity contribution in [2.45, 2.75) is 125 Å². The number of H-pyrrole nitrogens is 2. The van der Waals surface area contributed by atoms with Gasteiger partial charge in [-0.15, -0.1) is 0 Å². The normalized spacial score (nSPS) is 16.8. The summed E-state index contributed by atoms with van der Waals surface area (Å²) in [5.74, 6) is -13.5. The Bertz CT molecular complexity index is 3520. The zero-order valence-corrected chi connectivity index (χ0v) is 49.4. The summed E-state index contributed by atoms with van der Waals surface area (Å²) in [5, 5.41) is 59.2. The van der Waals surface area contributed by atoms with Crippen molar-refractivity contribution < 1.29 is 78.0 Å². The van der Waals surface area contributed by atoms with Crippen LogP contribution in [0, 0.1) is 0 Å². The van der Waals surface area contributed by atoms with Gasteiger partial charge in [0.05, 0.1) is 26.0 Å². The van der Waals surface area contributed by atoms with Crippen LogP contribution in [0.2, 0.25) is 0 Å². The number of likely N-dealkylation sites (tertiary alicyclic amines) is 2. The van der Waals surface area contributed by atoms with Gasteiger partial charge in [0.1, 0.15) is 54.4 Å². The van der Waals surface area contributed by atoms with Crippen molar-refractivity contribution in [2.24, 2.45) is 22.2 Å². The molecule has 91 heavy (non-hydrogen) atoms. The van der Waals surface area contributed by atoms with E-state index in [0.29, 0.717) is 44.9 Å². The third-order valence-electron chi connectivity index (χ3n) is 15.6. The standard InChI is InChI=1S/C60H75N15O16/c61-28-48(77)74-21-9-18-46(74)56(87)73-45(31-76)55(86)68-41(24-33-29-65-37-15-6-4-13-35(33)37)53(84)71-43(27-50(80)81)58(89)75-22-10-19-47(75)57(88)70-40(23-32-11-2-1-3-12-32)52(83)67-39(17-8-20-64-60(62)63)51(82)69-42(26-49(78)79)54(85)72-44(59(90)91)25-34-30-66-38-16-7-5-14-36(34)38/h1-7,11-16,29-30,39-47,65-66,76H,8-10,17-28,31,61H2,(H,67,83)(H,68,86)(H,69,82)(H,70,88)(H,71,84)(H,72,85)(H,73,87)(H,78,79)(H,80,81)(H,90,91)(H4,62,63,64)/t39-,40-,41-,42-,43-,44-,45-,46-,47-/m0/s1. The minimum Gasteiger partial charge on any atom is -0.481 e. The fraction of sp³-hybridized carbons (Fsp3) is 0.417. The summed E-state index contributed by atoms with van der Waals surface area (Å²) < 4.78 is 0. The number of carbonyl (C=O) groups is 12. The first-order valence-corrected chi connectivity index (χ1v) is 29.4. The van der Waals surface area contributed by atoms with Crippen LogP contribution in [0.5, 0.6) is 0 Å². The summed E-state index contributed by atoms with van der Waals surface area (Å²) in [7, 11) is 0. The van der Waals surface area contributed by atoms with E-state index < -0.39 is 145 Å². The van der Waals surface area contributed by atoms with Crippen molar-refractivity contribution in [1.82, 2.24) is 57.0 Å². The van der Waals surface area contributed by atoms with E-state index in [2.05, 4.69) is 52.2 Å². The molecule has 0 aliphatic carbocycles. The molecule has 9 atom stereocenters. The molecule has 9 amide bonds. The number of aliphatic hydroxyl groups excluding tert-OH is 1. The van der Waals surface area contributed by atoms with E-state index in [0.717, 1.165) is 4.90 Å². The first-order valence-electron chi connectivity index (χ1n) is 29.4. The minimum atomic E-state index is -1.89. The Hall–Kier alpha value is -10.4. The van der Waals surface area contributed by atoms with Crippen molar-refractivity contribution in [3.63, 3.8) is 0 Å². The highest BCUT2D eigenvalue weighted by Crippen LogP contribution is 2.24. The molecule has 0 unspecified atom stereocenters. The molecule has 0 bridgehead atoms. The number of aromatic nitrogens is 2. The van der Waals surface area contributed by atoms with E-state index in [-0.39, 0.29) is 83.5 Å². The number of nitrogens with zero attached hydrogens (tertiary/aromatic N) is 3. The van der Waals surface area contributed by atoms with Crippen LogP contribution in [0.15, 0.2) is 96.2 Å². The number of carbonyl (C=O) groups excluding carboxylic acids is 9. The van der Waals surface area contributed by atoms with E-state index >= 15 is 0 Å². The predicted octanol–water partition coefficient (Wildman–Crippen LogP) is -2.91. The third-order valence-corrected chi connectivity index (χ3v) is 15.6. The van der Waals surface area contributed by atoms with Gasteiger partial charge >= 0.3 is 17.9 Å². The van der Waals surface area contributed by atoms with Crippen LogP contribution in [0.1, 0.15) is 68.1 Å². The van der Waals surface area contributed by atoms with Crippen LogP contribution in [-0.4, -0.2) is 204 Å². The Kier molecular flexibility index (Phi) is 24.1. The number of carboxylic acids is 3. The molecule has 31 nitrogen and oxygen atoms in total. The van der Waals surface area contributed by atoms with E-state index in [1.165, 1.54) is 4.90 Å². The summed E-state index contributed by atoms with van der Waals surface area (Å²) in [5.41, 5.74) is 19.4. The number of nitrogens with two attached hydrogens (primary N) is 3. The number of hydrogen-bond donors (Lipinski definition) is 16. The van der Waals surface area contributed by atoms with Crippen molar-refractivity contribution in [1.29, 1.82) is 0 Å².